The Labute approximate surface area is 164 Å². The topological polar surface area (TPSA) is 110 Å². The summed E-state index contributed by atoms with van der Waals surface area (Å²) < 4.78 is 9.36. The molecule has 1 amide bonds. The quantitative estimate of drug-likeness (QED) is 0.484. The Bertz CT molecular complexity index is 980. The number of carbonyl (C=O) groups excluding carboxylic acids is 3. The number of imidazole rings is 1. The van der Waals surface area contributed by atoms with E-state index in [1.807, 2.05) is 24.3 Å². The van der Waals surface area contributed by atoms with Crippen molar-refractivity contribution >= 4 is 46.3 Å². The molecule has 0 atom stereocenters. The van der Waals surface area contributed by atoms with Gasteiger partial charge in [-0.25, -0.2) is 14.6 Å². The number of thioether (sulfide) groups is 1. The van der Waals surface area contributed by atoms with Crippen molar-refractivity contribution in [1.29, 1.82) is 0 Å². The van der Waals surface area contributed by atoms with Crippen LogP contribution in [0, 0.1) is 0 Å². The highest BCUT2D eigenvalue weighted by molar-refractivity contribution is 7.99. The molecule has 0 fully saturated rings. The number of nitrogens with zero attached hydrogens (tertiary/aromatic N) is 1. The number of aromatic nitrogens is 2. The molecule has 0 saturated heterocycles. The van der Waals surface area contributed by atoms with Crippen LogP contribution in [-0.4, -0.2) is 47.8 Å². The lowest BCUT2D eigenvalue weighted by molar-refractivity contribution is -0.113. The summed E-state index contributed by atoms with van der Waals surface area (Å²) in [5, 5.41) is 3.29. The lowest BCUT2D eigenvalue weighted by Crippen LogP contribution is -2.16. The number of benzene rings is 2. The fraction of sp³-hybridized carbons (Fsp3) is 0.158. The maximum absolute atomic E-state index is 12.3. The van der Waals surface area contributed by atoms with Gasteiger partial charge in [0, 0.05) is 5.69 Å². The molecule has 8 nitrogen and oxygen atoms in total. The van der Waals surface area contributed by atoms with E-state index in [1.54, 1.807) is 0 Å². The number of rotatable bonds is 6. The smallest absolute Gasteiger partial charge is 0.337 e. The molecule has 0 aliphatic rings. The van der Waals surface area contributed by atoms with E-state index in [0.29, 0.717) is 10.8 Å². The minimum Gasteiger partial charge on any atom is -0.465 e. The Morgan fingerprint density at radius 3 is 2.29 bits per heavy atom. The maximum Gasteiger partial charge on any atom is 0.337 e. The van der Waals surface area contributed by atoms with E-state index in [9.17, 15) is 14.4 Å². The van der Waals surface area contributed by atoms with E-state index >= 15 is 0 Å². The summed E-state index contributed by atoms with van der Waals surface area (Å²) in [6.07, 6.45) is 0. The number of H-pyrrole nitrogens is 1. The van der Waals surface area contributed by atoms with E-state index in [0.717, 1.165) is 11.0 Å². The first kappa shape index (κ1) is 19.4. The van der Waals surface area contributed by atoms with Gasteiger partial charge < -0.3 is 19.8 Å². The number of methoxy groups -OCH3 is 2. The molecule has 1 aromatic heterocycles. The molecule has 2 aromatic carbocycles. The van der Waals surface area contributed by atoms with Gasteiger partial charge in [-0.3, -0.25) is 4.79 Å². The number of para-hydroxylation sites is 2. The highest BCUT2D eigenvalue weighted by Gasteiger charge is 2.15. The van der Waals surface area contributed by atoms with Crippen molar-refractivity contribution in [3.63, 3.8) is 0 Å². The van der Waals surface area contributed by atoms with Crippen molar-refractivity contribution in [2.45, 2.75) is 5.16 Å². The standard InChI is InChI=1S/C19H17N3O5S/c1-26-17(24)11-7-12(18(25)27-2)9-13(8-11)20-16(23)10-28-19-21-14-5-3-4-6-15(14)22-19/h3-9H,10H2,1-2H3,(H,20,23)(H,21,22). The first-order chi connectivity index (χ1) is 13.5. The minimum atomic E-state index is -0.627. The third-order valence-electron chi connectivity index (χ3n) is 3.77. The summed E-state index contributed by atoms with van der Waals surface area (Å²) in [5.41, 5.74) is 2.26. The molecule has 28 heavy (non-hydrogen) atoms. The fourth-order valence-corrected chi connectivity index (χ4v) is 3.18. The van der Waals surface area contributed by atoms with Crippen molar-refractivity contribution in [2.24, 2.45) is 0 Å². The molecule has 0 aliphatic carbocycles. The number of hydrogen-bond acceptors (Lipinski definition) is 7. The molecule has 3 rings (SSSR count). The van der Waals surface area contributed by atoms with Gasteiger partial charge in [-0.05, 0) is 30.3 Å². The molecule has 3 aromatic rings. The van der Waals surface area contributed by atoms with E-state index in [2.05, 4.69) is 24.8 Å². The highest BCUT2D eigenvalue weighted by atomic mass is 32.2. The summed E-state index contributed by atoms with van der Waals surface area (Å²) in [5.74, 6) is -1.48. The molecule has 0 unspecified atom stereocenters. The van der Waals surface area contributed by atoms with Gasteiger partial charge in [0.05, 0.1) is 42.1 Å². The van der Waals surface area contributed by atoms with Crippen LogP contribution in [0.15, 0.2) is 47.6 Å². The number of fused-ring (bicyclic) bond motifs is 1. The number of aromatic amines is 1. The van der Waals surface area contributed by atoms with E-state index in [-0.39, 0.29) is 22.8 Å². The SMILES string of the molecule is COC(=O)c1cc(NC(=O)CSc2nc3ccccc3[nH]2)cc(C(=O)OC)c1. The van der Waals surface area contributed by atoms with Crippen LogP contribution in [0.5, 0.6) is 0 Å². The molecule has 0 saturated carbocycles. The lowest BCUT2D eigenvalue weighted by Gasteiger charge is -2.09. The third kappa shape index (κ3) is 4.49. The van der Waals surface area contributed by atoms with Crippen LogP contribution in [0.1, 0.15) is 20.7 Å². The monoisotopic (exact) mass is 399 g/mol. The zero-order valence-electron chi connectivity index (χ0n) is 15.1. The lowest BCUT2D eigenvalue weighted by atomic mass is 10.1. The molecule has 144 valence electrons. The van der Waals surface area contributed by atoms with Crippen molar-refractivity contribution in [3.05, 3.63) is 53.6 Å². The number of carbonyl (C=O) groups is 3. The van der Waals surface area contributed by atoms with Gasteiger partial charge in [0.15, 0.2) is 5.16 Å². The first-order valence-corrected chi connectivity index (χ1v) is 9.18. The van der Waals surface area contributed by atoms with Crippen LogP contribution in [0.4, 0.5) is 5.69 Å². The Balaban J connectivity index is 1.71. The molecule has 2 N–H and O–H groups in total. The number of amides is 1. The molecular formula is C19H17N3O5S. The highest BCUT2D eigenvalue weighted by Crippen LogP contribution is 2.21. The normalized spacial score (nSPS) is 10.5. The number of esters is 2. The zero-order chi connectivity index (χ0) is 20.1. The van der Waals surface area contributed by atoms with Gasteiger partial charge in [0.1, 0.15) is 0 Å². The maximum atomic E-state index is 12.3. The predicted molar refractivity (Wildman–Crippen MR) is 105 cm³/mol. The number of hydrogen-bond donors (Lipinski definition) is 2. The zero-order valence-corrected chi connectivity index (χ0v) is 16.0. The second-order valence-corrected chi connectivity index (χ2v) is 6.64. The Morgan fingerprint density at radius 2 is 1.68 bits per heavy atom. The van der Waals surface area contributed by atoms with Gasteiger partial charge in [-0.15, -0.1) is 0 Å². The van der Waals surface area contributed by atoms with Crippen LogP contribution in [-0.2, 0) is 14.3 Å². The number of ether oxygens (including phenoxy) is 2. The first-order valence-electron chi connectivity index (χ1n) is 8.19. The molecule has 0 aliphatic heterocycles. The van der Waals surface area contributed by atoms with Gasteiger partial charge in [-0.2, -0.15) is 0 Å². The largest absolute Gasteiger partial charge is 0.465 e. The third-order valence-corrected chi connectivity index (χ3v) is 4.64. The van der Waals surface area contributed by atoms with Crippen molar-refractivity contribution in [3.8, 4) is 0 Å². The van der Waals surface area contributed by atoms with Crippen LogP contribution in [0.2, 0.25) is 0 Å². The van der Waals surface area contributed by atoms with Gasteiger partial charge in [0.25, 0.3) is 0 Å². The summed E-state index contributed by atoms with van der Waals surface area (Å²) >= 11 is 1.24. The molecule has 0 radical (unpaired) electrons. The molecule has 9 heteroatoms. The van der Waals surface area contributed by atoms with Crippen LogP contribution in [0.3, 0.4) is 0 Å². The Kier molecular flexibility index (Phi) is 5.95. The molecule has 0 bridgehead atoms. The van der Waals surface area contributed by atoms with Crippen LogP contribution < -0.4 is 5.32 Å². The summed E-state index contributed by atoms with van der Waals surface area (Å²) in [7, 11) is 2.46. The van der Waals surface area contributed by atoms with Crippen molar-refractivity contribution in [1.82, 2.24) is 9.97 Å². The molecule has 0 spiro atoms. The van der Waals surface area contributed by atoms with Gasteiger partial charge in [0.2, 0.25) is 5.91 Å². The number of anilines is 1. The Morgan fingerprint density at radius 1 is 1.04 bits per heavy atom. The Hall–Kier alpha value is -3.33. The minimum absolute atomic E-state index is 0.0931. The summed E-state index contributed by atoms with van der Waals surface area (Å²) in [6, 6.07) is 11.8. The predicted octanol–water partition coefficient (Wildman–Crippen LogP) is 2.87. The van der Waals surface area contributed by atoms with Crippen LogP contribution in [0.25, 0.3) is 11.0 Å². The van der Waals surface area contributed by atoms with E-state index < -0.39 is 11.9 Å². The molecular weight excluding hydrogens is 382 g/mol. The fourth-order valence-electron chi connectivity index (χ4n) is 2.50. The van der Waals surface area contributed by atoms with Crippen molar-refractivity contribution in [2.75, 3.05) is 25.3 Å². The van der Waals surface area contributed by atoms with E-state index in [1.165, 1.54) is 44.2 Å². The summed E-state index contributed by atoms with van der Waals surface area (Å²) in [6.45, 7) is 0. The van der Waals surface area contributed by atoms with Crippen molar-refractivity contribution < 1.29 is 23.9 Å². The second-order valence-electron chi connectivity index (χ2n) is 5.68. The molecule has 1 heterocycles. The van der Waals surface area contributed by atoms with Gasteiger partial charge in [-0.1, -0.05) is 23.9 Å². The van der Waals surface area contributed by atoms with Gasteiger partial charge >= 0.3 is 11.9 Å². The van der Waals surface area contributed by atoms with E-state index in [4.69, 9.17) is 0 Å². The number of nitrogens with one attached hydrogen (secondary N) is 2. The summed E-state index contributed by atoms with van der Waals surface area (Å²) in [4.78, 5) is 43.4. The average molecular weight is 399 g/mol. The van der Waals surface area contributed by atoms with Crippen LogP contribution >= 0.6 is 11.8 Å². The second kappa shape index (κ2) is 8.57. The average Bonchev–Trinajstić information content (AvgIpc) is 3.13.